The van der Waals surface area contributed by atoms with Gasteiger partial charge in [0, 0.05) is 67.0 Å². The van der Waals surface area contributed by atoms with Crippen LogP contribution >= 0.6 is 0 Å². The zero-order valence-corrected chi connectivity index (χ0v) is 14.4. The Hall–Kier alpha value is -3.05. The molecule has 0 unspecified atom stereocenters. The Balaban J connectivity index is 1.35. The maximum Gasteiger partial charge on any atom is 0.160 e. The molecule has 3 aromatic heterocycles. The molecular formula is C21H19N5. The van der Waals surface area contributed by atoms with Crippen molar-refractivity contribution in [1.29, 1.82) is 0 Å². The highest BCUT2D eigenvalue weighted by molar-refractivity contribution is 5.80. The molecule has 0 spiro atoms. The summed E-state index contributed by atoms with van der Waals surface area (Å²) in [5.74, 6) is 0.765. The van der Waals surface area contributed by atoms with E-state index in [2.05, 4.69) is 50.2 Å². The number of H-pyrrole nitrogens is 1. The third-order valence-electron chi connectivity index (χ3n) is 4.91. The zero-order chi connectivity index (χ0) is 17.3. The summed E-state index contributed by atoms with van der Waals surface area (Å²) in [7, 11) is 0. The number of hydrogen-bond acceptors (Lipinski definition) is 4. The normalized spacial score (nSPS) is 14.5. The molecule has 0 fully saturated rings. The lowest BCUT2D eigenvalue weighted by Gasteiger charge is -2.27. The molecule has 0 aliphatic carbocycles. The Morgan fingerprint density at radius 1 is 1.08 bits per heavy atom. The number of pyridine rings is 1. The molecule has 4 heterocycles. The second-order valence-corrected chi connectivity index (χ2v) is 6.75. The minimum atomic E-state index is 0.765. The Kier molecular flexibility index (Phi) is 3.72. The van der Waals surface area contributed by atoms with Crippen molar-refractivity contribution in [3.05, 3.63) is 78.0 Å². The van der Waals surface area contributed by atoms with E-state index >= 15 is 0 Å². The molecule has 0 radical (unpaired) electrons. The van der Waals surface area contributed by atoms with Gasteiger partial charge in [-0.3, -0.25) is 9.88 Å². The smallest absolute Gasteiger partial charge is 0.160 e. The van der Waals surface area contributed by atoms with Gasteiger partial charge in [-0.2, -0.15) is 0 Å². The predicted molar refractivity (Wildman–Crippen MR) is 101 cm³/mol. The summed E-state index contributed by atoms with van der Waals surface area (Å²) in [6.07, 6.45) is 6.50. The highest BCUT2D eigenvalue weighted by atomic mass is 15.1. The van der Waals surface area contributed by atoms with Crippen molar-refractivity contribution in [2.24, 2.45) is 0 Å². The molecule has 1 aliphatic heterocycles. The molecule has 5 nitrogen and oxygen atoms in total. The van der Waals surface area contributed by atoms with Crippen LogP contribution in [-0.4, -0.2) is 31.4 Å². The molecule has 0 saturated carbocycles. The van der Waals surface area contributed by atoms with Crippen LogP contribution in [0.3, 0.4) is 0 Å². The van der Waals surface area contributed by atoms with Gasteiger partial charge in [0.05, 0.1) is 5.69 Å². The van der Waals surface area contributed by atoms with Gasteiger partial charge in [-0.25, -0.2) is 9.97 Å². The van der Waals surface area contributed by atoms with Crippen molar-refractivity contribution in [2.45, 2.75) is 19.5 Å². The van der Waals surface area contributed by atoms with Crippen LogP contribution in [0.4, 0.5) is 0 Å². The second kappa shape index (κ2) is 6.35. The Labute approximate surface area is 151 Å². The standard InChI is InChI=1S/C21H19N5/c1-2-6-19-15(4-1)10-18(24-19)14-26-9-7-20-17(13-26)12-23-21(25-20)16-5-3-8-22-11-16/h1-6,8,10-12,24H,7,9,13-14H2. The second-order valence-electron chi connectivity index (χ2n) is 6.75. The topological polar surface area (TPSA) is 57.7 Å². The van der Waals surface area contributed by atoms with Crippen LogP contribution in [0, 0.1) is 0 Å². The van der Waals surface area contributed by atoms with Gasteiger partial charge in [-0.1, -0.05) is 18.2 Å². The predicted octanol–water partition coefficient (Wildman–Crippen LogP) is 3.58. The van der Waals surface area contributed by atoms with E-state index in [-0.39, 0.29) is 0 Å². The number of para-hydroxylation sites is 1. The average molecular weight is 341 g/mol. The first-order valence-electron chi connectivity index (χ1n) is 8.89. The van der Waals surface area contributed by atoms with E-state index in [9.17, 15) is 0 Å². The molecule has 0 bridgehead atoms. The summed E-state index contributed by atoms with van der Waals surface area (Å²) in [6, 6.07) is 14.6. The van der Waals surface area contributed by atoms with Crippen molar-refractivity contribution in [3.63, 3.8) is 0 Å². The van der Waals surface area contributed by atoms with Gasteiger partial charge in [-0.15, -0.1) is 0 Å². The third kappa shape index (κ3) is 2.86. The molecule has 0 atom stereocenters. The largest absolute Gasteiger partial charge is 0.357 e. The fraction of sp³-hybridized carbons (Fsp3) is 0.190. The summed E-state index contributed by atoms with van der Waals surface area (Å²) in [4.78, 5) is 19.4. The highest BCUT2D eigenvalue weighted by Gasteiger charge is 2.19. The van der Waals surface area contributed by atoms with Crippen LogP contribution in [0.15, 0.2) is 61.1 Å². The van der Waals surface area contributed by atoms with E-state index in [1.165, 1.54) is 22.2 Å². The van der Waals surface area contributed by atoms with Crippen LogP contribution in [-0.2, 0) is 19.5 Å². The van der Waals surface area contributed by atoms with Crippen LogP contribution in [0.5, 0.6) is 0 Å². The number of nitrogens with one attached hydrogen (secondary N) is 1. The van der Waals surface area contributed by atoms with Crippen molar-refractivity contribution in [2.75, 3.05) is 6.54 Å². The molecule has 128 valence electrons. The first-order valence-corrected chi connectivity index (χ1v) is 8.89. The first kappa shape index (κ1) is 15.2. The van der Waals surface area contributed by atoms with Gasteiger partial charge in [0.1, 0.15) is 0 Å². The summed E-state index contributed by atoms with van der Waals surface area (Å²) in [5, 5.41) is 1.27. The van der Waals surface area contributed by atoms with E-state index < -0.39 is 0 Å². The van der Waals surface area contributed by atoms with Crippen molar-refractivity contribution in [1.82, 2.24) is 24.8 Å². The average Bonchev–Trinajstić information content (AvgIpc) is 3.10. The molecular weight excluding hydrogens is 322 g/mol. The summed E-state index contributed by atoms with van der Waals surface area (Å²) >= 11 is 0. The van der Waals surface area contributed by atoms with Gasteiger partial charge in [0.25, 0.3) is 0 Å². The monoisotopic (exact) mass is 341 g/mol. The zero-order valence-electron chi connectivity index (χ0n) is 14.4. The molecule has 1 aliphatic rings. The lowest BCUT2D eigenvalue weighted by atomic mass is 10.1. The van der Waals surface area contributed by atoms with E-state index in [0.29, 0.717) is 0 Å². The number of nitrogens with zero attached hydrogens (tertiary/aromatic N) is 4. The lowest BCUT2D eigenvalue weighted by Crippen LogP contribution is -2.31. The molecule has 1 aromatic carbocycles. The minimum absolute atomic E-state index is 0.765. The fourth-order valence-electron chi connectivity index (χ4n) is 3.60. The molecule has 5 heteroatoms. The first-order chi connectivity index (χ1) is 12.8. The SMILES string of the molecule is c1cncc(-c2ncc3c(n2)CCN(Cc2cc4ccccc4[nH]2)C3)c1. The third-order valence-corrected chi connectivity index (χ3v) is 4.91. The van der Waals surface area contributed by atoms with Crippen LogP contribution in [0.1, 0.15) is 17.0 Å². The van der Waals surface area contributed by atoms with Gasteiger partial charge in [0.15, 0.2) is 5.82 Å². The molecule has 1 N–H and O–H groups in total. The molecule has 26 heavy (non-hydrogen) atoms. The number of aromatic nitrogens is 4. The minimum Gasteiger partial charge on any atom is -0.357 e. The summed E-state index contributed by atoms with van der Waals surface area (Å²) in [6.45, 7) is 2.81. The van der Waals surface area contributed by atoms with Crippen molar-refractivity contribution >= 4 is 10.9 Å². The molecule has 5 rings (SSSR count). The van der Waals surface area contributed by atoms with E-state index in [0.717, 1.165) is 43.1 Å². The number of rotatable bonds is 3. The highest BCUT2D eigenvalue weighted by Crippen LogP contribution is 2.22. The molecule has 0 amide bonds. The lowest BCUT2D eigenvalue weighted by molar-refractivity contribution is 0.240. The van der Waals surface area contributed by atoms with Gasteiger partial charge < -0.3 is 4.98 Å². The van der Waals surface area contributed by atoms with Gasteiger partial charge in [0.2, 0.25) is 0 Å². The van der Waals surface area contributed by atoms with Crippen molar-refractivity contribution < 1.29 is 0 Å². The summed E-state index contributed by atoms with van der Waals surface area (Å²) in [5.41, 5.74) is 5.80. The van der Waals surface area contributed by atoms with Crippen molar-refractivity contribution in [3.8, 4) is 11.4 Å². The van der Waals surface area contributed by atoms with Crippen LogP contribution in [0.2, 0.25) is 0 Å². The van der Waals surface area contributed by atoms with Gasteiger partial charge >= 0.3 is 0 Å². The van der Waals surface area contributed by atoms with Crippen LogP contribution < -0.4 is 0 Å². The van der Waals surface area contributed by atoms with Gasteiger partial charge in [-0.05, 0) is 29.7 Å². The van der Waals surface area contributed by atoms with E-state index in [1.807, 2.05) is 24.5 Å². The Morgan fingerprint density at radius 2 is 2.04 bits per heavy atom. The Morgan fingerprint density at radius 3 is 2.92 bits per heavy atom. The molecule has 0 saturated heterocycles. The maximum atomic E-state index is 4.77. The number of hydrogen-bond donors (Lipinski definition) is 1. The number of aromatic amines is 1. The van der Waals surface area contributed by atoms with E-state index in [1.54, 1.807) is 6.20 Å². The molecule has 4 aromatic rings. The maximum absolute atomic E-state index is 4.77. The summed E-state index contributed by atoms with van der Waals surface area (Å²) < 4.78 is 0. The van der Waals surface area contributed by atoms with Crippen LogP contribution in [0.25, 0.3) is 22.3 Å². The quantitative estimate of drug-likeness (QED) is 0.619. The van der Waals surface area contributed by atoms with E-state index in [4.69, 9.17) is 4.98 Å². The number of fused-ring (bicyclic) bond motifs is 2. The number of benzene rings is 1. The Bertz CT molecular complexity index is 1020. The fourth-order valence-corrected chi connectivity index (χ4v) is 3.60.